The van der Waals surface area contributed by atoms with Gasteiger partial charge in [-0.15, -0.1) is 0 Å². The normalized spacial score (nSPS) is 29.5. The average molecular weight is 267 g/mol. The van der Waals surface area contributed by atoms with Crippen molar-refractivity contribution in [2.24, 2.45) is 11.8 Å². The van der Waals surface area contributed by atoms with E-state index in [0.717, 1.165) is 5.92 Å². The zero-order chi connectivity index (χ0) is 12.7. The second-order valence-electron chi connectivity index (χ2n) is 5.29. The molecule has 1 aromatic rings. The van der Waals surface area contributed by atoms with E-state index in [1.165, 1.54) is 31.7 Å². The Morgan fingerprint density at radius 2 is 2.22 bits per heavy atom. The van der Waals surface area contributed by atoms with E-state index in [0.29, 0.717) is 17.8 Å². The molecule has 1 aromatic heterocycles. The highest BCUT2D eigenvalue weighted by molar-refractivity contribution is 6.29. The summed E-state index contributed by atoms with van der Waals surface area (Å²) in [4.78, 5) is 15.1. The molecular weight excluding hydrogens is 252 g/mol. The summed E-state index contributed by atoms with van der Waals surface area (Å²) in [6, 6.07) is 3.35. The first-order valence-electron chi connectivity index (χ1n) is 6.29. The number of pyridine rings is 1. The molecule has 96 valence electrons. The van der Waals surface area contributed by atoms with E-state index in [1.807, 2.05) is 0 Å². The van der Waals surface area contributed by atoms with Crippen molar-refractivity contribution in [3.63, 3.8) is 0 Å². The Hall–Kier alpha value is -1.29. The van der Waals surface area contributed by atoms with E-state index in [2.05, 4.69) is 10.3 Å². The van der Waals surface area contributed by atoms with E-state index in [-0.39, 0.29) is 10.7 Å². The molecule has 0 aromatic carbocycles. The van der Waals surface area contributed by atoms with Gasteiger partial charge in [0.1, 0.15) is 11.0 Å². The van der Waals surface area contributed by atoms with E-state index in [1.54, 1.807) is 6.07 Å². The van der Waals surface area contributed by atoms with Crippen LogP contribution in [0.15, 0.2) is 12.1 Å². The van der Waals surface area contributed by atoms with Crippen LogP contribution in [0.1, 0.15) is 36.0 Å². The molecule has 1 heterocycles. The molecule has 5 heteroatoms. The van der Waals surface area contributed by atoms with Gasteiger partial charge in [-0.25, -0.2) is 9.78 Å². The first kappa shape index (κ1) is 11.8. The van der Waals surface area contributed by atoms with Gasteiger partial charge in [-0.2, -0.15) is 0 Å². The number of fused-ring (bicyclic) bond motifs is 2. The van der Waals surface area contributed by atoms with Crippen molar-refractivity contribution >= 4 is 23.4 Å². The predicted molar refractivity (Wildman–Crippen MR) is 69.1 cm³/mol. The lowest BCUT2D eigenvalue weighted by atomic mass is 9.95. The number of carboxylic acid groups (broad SMARTS) is 1. The van der Waals surface area contributed by atoms with Gasteiger partial charge in [0, 0.05) is 6.04 Å². The minimum atomic E-state index is -0.977. The largest absolute Gasteiger partial charge is 0.478 e. The Morgan fingerprint density at radius 1 is 1.39 bits per heavy atom. The number of carboxylic acids is 1. The maximum atomic E-state index is 11.0. The number of nitrogens with one attached hydrogen (secondary N) is 1. The van der Waals surface area contributed by atoms with E-state index >= 15 is 0 Å². The highest BCUT2D eigenvalue weighted by Crippen LogP contribution is 2.45. The molecule has 2 aliphatic carbocycles. The van der Waals surface area contributed by atoms with Crippen LogP contribution in [-0.2, 0) is 0 Å². The molecule has 2 N–H and O–H groups in total. The summed E-state index contributed by atoms with van der Waals surface area (Å²) in [5, 5.41) is 12.6. The molecular formula is C13H15ClN2O2. The minimum Gasteiger partial charge on any atom is -0.478 e. The lowest BCUT2D eigenvalue weighted by Crippen LogP contribution is -2.26. The molecule has 3 unspecified atom stereocenters. The third-order valence-corrected chi connectivity index (χ3v) is 4.31. The number of rotatable bonds is 3. The standard InChI is InChI=1S/C13H15ClN2O2/c14-11-5-9(13(17)18)6-12(16-11)15-10-4-7-1-2-8(10)3-7/h5-8,10H,1-4H2,(H,15,16)(H,17,18). The topological polar surface area (TPSA) is 62.2 Å². The molecule has 3 rings (SSSR count). The number of aromatic carboxylic acids is 1. The monoisotopic (exact) mass is 266 g/mol. The van der Waals surface area contributed by atoms with Crippen molar-refractivity contribution < 1.29 is 9.90 Å². The Bertz CT molecular complexity index is 492. The SMILES string of the molecule is O=C(O)c1cc(Cl)nc(NC2CC3CCC2C3)c1. The summed E-state index contributed by atoms with van der Waals surface area (Å²) >= 11 is 5.84. The lowest BCUT2D eigenvalue weighted by molar-refractivity contribution is 0.0697. The van der Waals surface area contributed by atoms with Gasteiger partial charge in [-0.05, 0) is 43.2 Å². The summed E-state index contributed by atoms with van der Waals surface area (Å²) in [6.45, 7) is 0. The molecule has 2 aliphatic rings. The number of hydrogen-bond donors (Lipinski definition) is 2. The van der Waals surface area contributed by atoms with Crippen molar-refractivity contribution in [2.45, 2.75) is 31.7 Å². The van der Waals surface area contributed by atoms with E-state index in [4.69, 9.17) is 16.7 Å². The van der Waals surface area contributed by atoms with Crippen molar-refractivity contribution in [1.29, 1.82) is 0 Å². The maximum Gasteiger partial charge on any atom is 0.335 e. The molecule has 0 aliphatic heterocycles. The summed E-state index contributed by atoms with van der Waals surface area (Å²) in [6.07, 6.45) is 5.08. The minimum absolute atomic E-state index is 0.181. The fraction of sp³-hybridized carbons (Fsp3) is 0.538. The first-order chi connectivity index (χ1) is 8.61. The van der Waals surface area contributed by atoms with Crippen molar-refractivity contribution in [1.82, 2.24) is 4.98 Å². The smallest absolute Gasteiger partial charge is 0.335 e. The zero-order valence-corrected chi connectivity index (χ0v) is 10.7. The Kier molecular flexibility index (Phi) is 2.90. The average Bonchev–Trinajstić information content (AvgIpc) is 2.90. The van der Waals surface area contributed by atoms with Crippen LogP contribution in [0.4, 0.5) is 5.82 Å². The Balaban J connectivity index is 1.78. The third kappa shape index (κ3) is 2.17. The fourth-order valence-corrected chi connectivity index (χ4v) is 3.51. The summed E-state index contributed by atoms with van der Waals surface area (Å²) in [5.74, 6) is 1.16. The molecule has 18 heavy (non-hydrogen) atoms. The van der Waals surface area contributed by atoms with Gasteiger partial charge in [0.05, 0.1) is 5.56 Å². The van der Waals surface area contributed by atoms with Gasteiger partial charge in [0.15, 0.2) is 0 Å². The summed E-state index contributed by atoms with van der Waals surface area (Å²) in [5.41, 5.74) is 0.181. The first-order valence-corrected chi connectivity index (χ1v) is 6.67. The molecule has 0 spiro atoms. The molecule has 2 saturated carbocycles. The van der Waals surface area contributed by atoms with Crippen molar-refractivity contribution in [3.8, 4) is 0 Å². The van der Waals surface area contributed by atoms with Crippen molar-refractivity contribution in [3.05, 3.63) is 22.8 Å². The van der Waals surface area contributed by atoms with Crippen LogP contribution < -0.4 is 5.32 Å². The fourth-order valence-electron chi connectivity index (χ4n) is 3.31. The summed E-state index contributed by atoms with van der Waals surface area (Å²) in [7, 11) is 0. The van der Waals surface area contributed by atoms with Crippen LogP contribution in [0.25, 0.3) is 0 Å². The molecule has 2 bridgehead atoms. The predicted octanol–water partition coefficient (Wildman–Crippen LogP) is 3.03. The van der Waals surface area contributed by atoms with Gasteiger partial charge in [0.2, 0.25) is 0 Å². The van der Waals surface area contributed by atoms with Crippen LogP contribution in [0, 0.1) is 11.8 Å². The maximum absolute atomic E-state index is 11.0. The van der Waals surface area contributed by atoms with Gasteiger partial charge >= 0.3 is 5.97 Å². The molecule has 2 fully saturated rings. The number of anilines is 1. The molecule has 3 atom stereocenters. The third-order valence-electron chi connectivity index (χ3n) is 4.11. The second kappa shape index (κ2) is 4.43. The van der Waals surface area contributed by atoms with Gasteiger partial charge < -0.3 is 10.4 Å². The highest BCUT2D eigenvalue weighted by Gasteiger charge is 2.39. The van der Waals surface area contributed by atoms with Gasteiger partial charge in [-0.3, -0.25) is 0 Å². The Morgan fingerprint density at radius 3 is 2.83 bits per heavy atom. The Labute approximate surface area is 110 Å². The van der Waals surface area contributed by atoms with Crippen LogP contribution in [0.5, 0.6) is 0 Å². The lowest BCUT2D eigenvalue weighted by Gasteiger charge is -2.23. The number of hydrogen-bond acceptors (Lipinski definition) is 3. The highest BCUT2D eigenvalue weighted by atomic mass is 35.5. The van der Waals surface area contributed by atoms with Crippen LogP contribution in [0.2, 0.25) is 5.15 Å². The van der Waals surface area contributed by atoms with Crippen LogP contribution in [-0.4, -0.2) is 22.1 Å². The van der Waals surface area contributed by atoms with Gasteiger partial charge in [0.25, 0.3) is 0 Å². The number of halogens is 1. The molecule has 4 nitrogen and oxygen atoms in total. The van der Waals surface area contributed by atoms with E-state index < -0.39 is 5.97 Å². The molecule has 0 radical (unpaired) electrons. The number of aromatic nitrogens is 1. The quantitative estimate of drug-likeness (QED) is 0.826. The van der Waals surface area contributed by atoms with E-state index in [9.17, 15) is 4.79 Å². The number of nitrogens with zero attached hydrogens (tertiary/aromatic N) is 1. The second-order valence-corrected chi connectivity index (χ2v) is 5.68. The number of carbonyl (C=O) groups is 1. The molecule has 0 saturated heterocycles. The summed E-state index contributed by atoms with van der Waals surface area (Å²) < 4.78 is 0. The zero-order valence-electron chi connectivity index (χ0n) is 9.90. The van der Waals surface area contributed by atoms with Crippen LogP contribution >= 0.6 is 11.6 Å². The molecule has 0 amide bonds. The van der Waals surface area contributed by atoms with Gasteiger partial charge in [-0.1, -0.05) is 18.0 Å². The van der Waals surface area contributed by atoms with Crippen LogP contribution in [0.3, 0.4) is 0 Å². The van der Waals surface area contributed by atoms with Crippen molar-refractivity contribution in [2.75, 3.05) is 5.32 Å².